The molecule has 1 atom stereocenters. The number of halogens is 1. The lowest BCUT2D eigenvalue weighted by Crippen LogP contribution is -2.49. The summed E-state index contributed by atoms with van der Waals surface area (Å²) >= 11 is 0. The maximum Gasteiger partial charge on any atom is 0.409 e. The van der Waals surface area contributed by atoms with Crippen molar-refractivity contribution in [3.05, 3.63) is 48.3 Å². The van der Waals surface area contributed by atoms with E-state index in [0.29, 0.717) is 0 Å². The van der Waals surface area contributed by atoms with Crippen LogP contribution in [0.5, 0.6) is 5.75 Å². The van der Waals surface area contributed by atoms with Crippen LogP contribution in [0.1, 0.15) is 13.8 Å². The smallest absolute Gasteiger partial charge is 0.409 e. The van der Waals surface area contributed by atoms with E-state index in [1.807, 2.05) is 0 Å². The zero-order valence-corrected chi connectivity index (χ0v) is 16.4. The van der Waals surface area contributed by atoms with Crippen molar-refractivity contribution >= 4 is 27.5 Å². The Hall–Kier alpha value is -3.32. The van der Waals surface area contributed by atoms with Crippen molar-refractivity contribution in [3.8, 4) is 11.8 Å². The topological polar surface area (TPSA) is 120 Å². The fourth-order valence-electron chi connectivity index (χ4n) is 2.86. The Morgan fingerprint density at radius 2 is 1.97 bits per heavy atom. The highest BCUT2D eigenvalue weighted by atomic mass is 32.2. The molecule has 0 saturated heterocycles. The number of nitriles is 1. The van der Waals surface area contributed by atoms with Gasteiger partial charge in [-0.15, -0.1) is 0 Å². The minimum atomic E-state index is -4.14. The zero-order chi connectivity index (χ0) is 21.4. The van der Waals surface area contributed by atoms with Gasteiger partial charge in [-0.25, -0.2) is 17.6 Å². The van der Waals surface area contributed by atoms with Crippen LogP contribution in [-0.4, -0.2) is 32.3 Å². The van der Waals surface area contributed by atoms with Gasteiger partial charge in [0.2, 0.25) is 0 Å². The number of carboxylic acid groups (broad SMARTS) is 1. The van der Waals surface area contributed by atoms with Gasteiger partial charge in [-0.05, 0) is 56.3 Å². The lowest BCUT2D eigenvalue weighted by molar-refractivity contribution is 0.112. The molecule has 1 heterocycles. The van der Waals surface area contributed by atoms with Gasteiger partial charge in [0.1, 0.15) is 17.7 Å². The first-order chi connectivity index (χ1) is 13.5. The maximum atomic E-state index is 13.3. The second-order valence-corrected chi connectivity index (χ2v) is 8.91. The lowest BCUT2D eigenvalue weighted by Gasteiger charge is -2.39. The highest BCUT2D eigenvalue weighted by molar-refractivity contribution is 7.92. The van der Waals surface area contributed by atoms with Crippen LogP contribution in [0.4, 0.5) is 20.6 Å². The summed E-state index contributed by atoms with van der Waals surface area (Å²) in [7, 11) is -4.14. The van der Waals surface area contributed by atoms with E-state index in [4.69, 9.17) is 9.84 Å². The largest absolute Gasteiger partial charge is 0.485 e. The van der Waals surface area contributed by atoms with Gasteiger partial charge in [-0.2, -0.15) is 5.26 Å². The van der Waals surface area contributed by atoms with Crippen LogP contribution in [0.25, 0.3) is 0 Å². The average Bonchev–Trinajstić information content (AvgIpc) is 2.66. The van der Waals surface area contributed by atoms with Crippen LogP contribution >= 0.6 is 0 Å². The lowest BCUT2D eigenvalue weighted by atomic mass is 9.87. The molecule has 1 aliphatic heterocycles. The molecule has 0 saturated carbocycles. The Labute approximate surface area is 167 Å². The first-order valence-corrected chi connectivity index (χ1v) is 9.99. The molecule has 1 amide bonds. The molecular formula is C19H18FN3O5S. The van der Waals surface area contributed by atoms with Crippen molar-refractivity contribution < 1.29 is 27.4 Å². The molecule has 0 fully saturated rings. The molecule has 0 spiro atoms. The summed E-state index contributed by atoms with van der Waals surface area (Å²) < 4.78 is 46.7. The molecule has 2 aromatic rings. The maximum absolute atomic E-state index is 13.3. The molecule has 2 N–H and O–H groups in total. The Bertz CT molecular complexity index is 1090. The number of nitrogens with one attached hydrogen (secondary N) is 1. The van der Waals surface area contributed by atoms with Gasteiger partial charge < -0.3 is 9.84 Å². The quantitative estimate of drug-likeness (QED) is 0.784. The average molecular weight is 419 g/mol. The van der Waals surface area contributed by atoms with E-state index in [2.05, 4.69) is 11.4 Å². The Balaban J connectivity index is 2.14. The van der Waals surface area contributed by atoms with Gasteiger partial charge in [-0.1, -0.05) is 0 Å². The summed E-state index contributed by atoms with van der Waals surface area (Å²) in [6.07, 6.45) is -2.09. The second kappa shape index (κ2) is 7.25. The molecule has 29 heavy (non-hydrogen) atoms. The monoisotopic (exact) mass is 419 g/mol. The van der Waals surface area contributed by atoms with Crippen LogP contribution in [0.15, 0.2) is 47.4 Å². The Kier molecular flexibility index (Phi) is 5.11. The predicted molar refractivity (Wildman–Crippen MR) is 103 cm³/mol. The summed E-state index contributed by atoms with van der Waals surface area (Å²) in [6, 6.07) is 10.7. The van der Waals surface area contributed by atoms with E-state index in [-0.39, 0.29) is 28.6 Å². The number of anilines is 2. The number of hydrogen-bond acceptors (Lipinski definition) is 5. The van der Waals surface area contributed by atoms with E-state index in [9.17, 15) is 22.9 Å². The van der Waals surface area contributed by atoms with Crippen LogP contribution in [0, 0.1) is 22.6 Å². The molecule has 1 unspecified atom stereocenters. The van der Waals surface area contributed by atoms with E-state index < -0.39 is 33.5 Å². The first-order valence-electron chi connectivity index (χ1n) is 8.55. The van der Waals surface area contributed by atoms with Gasteiger partial charge in [0.25, 0.3) is 10.0 Å². The van der Waals surface area contributed by atoms with Crippen LogP contribution in [0.3, 0.4) is 0 Å². The predicted octanol–water partition coefficient (Wildman–Crippen LogP) is 3.42. The third-order valence-corrected chi connectivity index (χ3v) is 6.37. The second-order valence-electron chi connectivity index (χ2n) is 7.04. The minimum Gasteiger partial charge on any atom is -0.485 e. The van der Waals surface area contributed by atoms with E-state index in [1.54, 1.807) is 13.8 Å². The number of amides is 1. The summed E-state index contributed by atoms with van der Waals surface area (Å²) in [4.78, 5) is 10.8. The molecule has 0 bridgehead atoms. The van der Waals surface area contributed by atoms with Crippen molar-refractivity contribution in [2.24, 2.45) is 5.41 Å². The van der Waals surface area contributed by atoms with E-state index in [0.717, 1.165) is 28.6 Å². The normalized spacial score (nSPS) is 16.3. The molecule has 3 rings (SSSR count). The third kappa shape index (κ3) is 3.95. The number of fused-ring (bicyclic) bond motifs is 1. The summed E-state index contributed by atoms with van der Waals surface area (Å²) in [5.74, 6) is -0.394. The van der Waals surface area contributed by atoms with E-state index in [1.165, 1.54) is 18.2 Å². The van der Waals surface area contributed by atoms with Gasteiger partial charge >= 0.3 is 6.09 Å². The van der Waals surface area contributed by atoms with Gasteiger partial charge in [0, 0.05) is 5.69 Å². The molecule has 1 aliphatic rings. The van der Waals surface area contributed by atoms with Crippen molar-refractivity contribution in [1.82, 2.24) is 0 Å². The Morgan fingerprint density at radius 1 is 1.31 bits per heavy atom. The number of nitrogens with zero attached hydrogens (tertiary/aromatic N) is 2. The fourth-order valence-corrected chi connectivity index (χ4v) is 4.33. The van der Waals surface area contributed by atoms with Crippen LogP contribution in [-0.2, 0) is 10.0 Å². The van der Waals surface area contributed by atoms with Crippen LogP contribution < -0.4 is 14.4 Å². The van der Waals surface area contributed by atoms with Crippen molar-refractivity contribution in [3.63, 3.8) is 0 Å². The standard InChI is InChI=1S/C19H18FN3O5S/c1-19(2,11-21)17-10-23(29(26,27)14-6-3-12(20)4-7-14)15-9-13(22-18(24)25)5-8-16(15)28-17/h3-9,17,22H,10H2,1-2H3,(H,24,25). The fraction of sp³-hybridized carbons (Fsp3) is 0.263. The Morgan fingerprint density at radius 3 is 2.55 bits per heavy atom. The van der Waals surface area contributed by atoms with Crippen molar-refractivity contribution in [2.45, 2.75) is 24.8 Å². The molecule has 0 aromatic heterocycles. The van der Waals surface area contributed by atoms with Crippen molar-refractivity contribution in [1.29, 1.82) is 5.26 Å². The molecule has 8 nitrogen and oxygen atoms in total. The molecule has 0 radical (unpaired) electrons. The van der Waals surface area contributed by atoms with Gasteiger partial charge in [0.05, 0.1) is 28.6 Å². The third-order valence-electron chi connectivity index (χ3n) is 4.57. The number of hydrogen-bond donors (Lipinski definition) is 2. The minimum absolute atomic E-state index is 0.116. The number of carbonyl (C=O) groups is 1. The molecular weight excluding hydrogens is 401 g/mol. The number of rotatable bonds is 4. The van der Waals surface area contributed by atoms with Crippen molar-refractivity contribution in [2.75, 3.05) is 16.2 Å². The zero-order valence-electron chi connectivity index (χ0n) is 15.6. The molecule has 10 heteroatoms. The number of ether oxygens (including phenoxy) is 1. The highest BCUT2D eigenvalue weighted by Gasteiger charge is 2.41. The highest BCUT2D eigenvalue weighted by Crippen LogP contribution is 2.42. The van der Waals surface area contributed by atoms with Gasteiger partial charge in [-0.3, -0.25) is 9.62 Å². The first kappa shape index (κ1) is 20.4. The van der Waals surface area contributed by atoms with Crippen LogP contribution in [0.2, 0.25) is 0 Å². The SMILES string of the molecule is CC(C)(C#N)C1CN(S(=O)(=O)c2ccc(F)cc2)c2cc(NC(=O)O)ccc2O1. The van der Waals surface area contributed by atoms with E-state index >= 15 is 0 Å². The summed E-state index contributed by atoms with van der Waals surface area (Å²) in [5.41, 5.74) is -0.741. The number of benzene rings is 2. The van der Waals surface area contributed by atoms with Gasteiger partial charge in [0.15, 0.2) is 0 Å². The summed E-state index contributed by atoms with van der Waals surface area (Å²) in [5, 5.41) is 20.6. The number of sulfonamides is 1. The molecule has 0 aliphatic carbocycles. The molecule has 2 aromatic carbocycles. The molecule has 152 valence electrons. The summed E-state index contributed by atoms with van der Waals surface area (Å²) in [6.45, 7) is 3.08.